The summed E-state index contributed by atoms with van der Waals surface area (Å²) in [5, 5.41) is 2.96. The Morgan fingerprint density at radius 1 is 1.12 bits per heavy atom. The van der Waals surface area contributed by atoms with Gasteiger partial charge in [-0.3, -0.25) is 9.69 Å². The van der Waals surface area contributed by atoms with Crippen molar-refractivity contribution in [3.05, 3.63) is 30.3 Å². The second-order valence-corrected chi connectivity index (χ2v) is 8.31. The molecule has 0 radical (unpaired) electrons. The molecule has 0 aromatic heterocycles. The molecule has 26 heavy (non-hydrogen) atoms. The zero-order valence-corrected chi connectivity index (χ0v) is 16.7. The Bertz CT molecular complexity index is 581. The monoisotopic (exact) mass is 379 g/mol. The number of hydrogen-bond donors (Lipinski definition) is 1. The molecule has 0 bridgehead atoms. The van der Waals surface area contributed by atoms with Crippen molar-refractivity contribution in [1.82, 2.24) is 15.1 Å². The van der Waals surface area contributed by atoms with Crippen LogP contribution in [0.15, 0.2) is 35.2 Å². The third-order valence-electron chi connectivity index (χ3n) is 3.89. The van der Waals surface area contributed by atoms with Gasteiger partial charge in [-0.05, 0) is 32.9 Å². The average Bonchev–Trinajstić information content (AvgIpc) is 2.60. The van der Waals surface area contributed by atoms with Crippen LogP contribution in [0, 0.1) is 0 Å². The summed E-state index contributed by atoms with van der Waals surface area (Å²) in [6, 6.07) is 9.91. The van der Waals surface area contributed by atoms with E-state index in [4.69, 9.17) is 4.74 Å². The molecule has 0 unspecified atom stereocenters. The number of hydrogen-bond acceptors (Lipinski definition) is 5. The van der Waals surface area contributed by atoms with Crippen LogP contribution in [0.3, 0.4) is 0 Å². The Hall–Kier alpha value is -1.73. The Labute approximate surface area is 160 Å². The van der Waals surface area contributed by atoms with E-state index in [-0.39, 0.29) is 12.0 Å². The van der Waals surface area contributed by atoms with Crippen molar-refractivity contribution in [2.75, 3.05) is 45.0 Å². The number of carbonyl (C=O) groups is 2. The van der Waals surface area contributed by atoms with Crippen LogP contribution >= 0.6 is 11.8 Å². The molecule has 1 saturated heterocycles. The van der Waals surface area contributed by atoms with E-state index in [2.05, 4.69) is 10.2 Å². The fraction of sp³-hybridized carbons (Fsp3) is 0.579. The average molecular weight is 380 g/mol. The molecule has 2 amide bonds. The van der Waals surface area contributed by atoms with Crippen molar-refractivity contribution in [3.63, 3.8) is 0 Å². The Kier molecular flexibility index (Phi) is 7.78. The predicted octanol–water partition coefficient (Wildman–Crippen LogP) is 2.45. The number of carbonyl (C=O) groups excluding carboxylic acids is 2. The fourth-order valence-corrected chi connectivity index (χ4v) is 3.30. The lowest BCUT2D eigenvalue weighted by atomic mass is 10.2. The Morgan fingerprint density at radius 2 is 1.77 bits per heavy atom. The molecule has 1 heterocycles. The lowest BCUT2D eigenvalue weighted by molar-refractivity contribution is -0.118. The summed E-state index contributed by atoms with van der Waals surface area (Å²) in [5.41, 5.74) is -0.462. The minimum Gasteiger partial charge on any atom is -0.444 e. The highest BCUT2D eigenvalue weighted by molar-refractivity contribution is 8.00. The highest BCUT2D eigenvalue weighted by atomic mass is 32.2. The van der Waals surface area contributed by atoms with Gasteiger partial charge in [0, 0.05) is 44.2 Å². The number of nitrogens with one attached hydrogen (secondary N) is 1. The predicted molar refractivity (Wildman–Crippen MR) is 104 cm³/mol. The number of amides is 2. The van der Waals surface area contributed by atoms with Crippen molar-refractivity contribution in [3.8, 4) is 0 Å². The van der Waals surface area contributed by atoms with Gasteiger partial charge < -0.3 is 15.0 Å². The van der Waals surface area contributed by atoms with Gasteiger partial charge in [0.15, 0.2) is 0 Å². The van der Waals surface area contributed by atoms with E-state index in [1.165, 1.54) is 11.8 Å². The first-order valence-electron chi connectivity index (χ1n) is 8.98. The molecule has 144 valence electrons. The van der Waals surface area contributed by atoms with E-state index >= 15 is 0 Å². The minimum absolute atomic E-state index is 0.0474. The second kappa shape index (κ2) is 9.83. The molecule has 6 nitrogen and oxygen atoms in total. The number of thioether (sulfide) groups is 1. The first-order chi connectivity index (χ1) is 12.3. The molecular formula is C19H29N3O3S. The fourth-order valence-electron chi connectivity index (χ4n) is 2.55. The molecular weight excluding hydrogens is 350 g/mol. The first-order valence-corrected chi connectivity index (χ1v) is 9.97. The quantitative estimate of drug-likeness (QED) is 0.770. The SMILES string of the molecule is CC(C)(C)OC(=O)N1CCN(CCNC(=O)CSc2ccccc2)CC1. The normalized spacial score (nSPS) is 15.6. The minimum atomic E-state index is -0.462. The van der Waals surface area contributed by atoms with Crippen LogP contribution in [-0.2, 0) is 9.53 Å². The van der Waals surface area contributed by atoms with Gasteiger partial charge in [-0.25, -0.2) is 4.79 Å². The maximum atomic E-state index is 12.0. The van der Waals surface area contributed by atoms with Crippen molar-refractivity contribution >= 4 is 23.8 Å². The topological polar surface area (TPSA) is 61.9 Å². The maximum absolute atomic E-state index is 12.0. The van der Waals surface area contributed by atoms with Gasteiger partial charge in [0.1, 0.15) is 5.60 Å². The highest BCUT2D eigenvalue weighted by Gasteiger charge is 2.25. The molecule has 1 aromatic carbocycles. The Morgan fingerprint density at radius 3 is 2.38 bits per heavy atom. The van der Waals surface area contributed by atoms with E-state index in [0.29, 0.717) is 25.4 Å². The molecule has 0 spiro atoms. The van der Waals surface area contributed by atoms with Crippen molar-refractivity contribution in [2.24, 2.45) is 0 Å². The zero-order chi connectivity index (χ0) is 19.0. The van der Waals surface area contributed by atoms with Gasteiger partial charge in [-0.2, -0.15) is 0 Å². The largest absolute Gasteiger partial charge is 0.444 e. The van der Waals surface area contributed by atoms with Crippen LogP contribution in [-0.4, -0.2) is 72.4 Å². The number of ether oxygens (including phenoxy) is 1. The summed E-state index contributed by atoms with van der Waals surface area (Å²) in [7, 11) is 0. The standard InChI is InChI=1S/C19H29N3O3S/c1-19(2,3)25-18(24)22-13-11-21(12-14-22)10-9-20-17(23)15-26-16-7-5-4-6-8-16/h4-8H,9-15H2,1-3H3,(H,20,23). The van der Waals surface area contributed by atoms with Crippen LogP contribution in [0.25, 0.3) is 0 Å². The van der Waals surface area contributed by atoms with E-state index in [1.54, 1.807) is 4.90 Å². The maximum Gasteiger partial charge on any atom is 0.410 e. The lowest BCUT2D eigenvalue weighted by Gasteiger charge is -2.35. The van der Waals surface area contributed by atoms with E-state index in [9.17, 15) is 9.59 Å². The van der Waals surface area contributed by atoms with Crippen LogP contribution in [0.4, 0.5) is 4.79 Å². The number of rotatable bonds is 6. The highest BCUT2D eigenvalue weighted by Crippen LogP contribution is 2.16. The van der Waals surface area contributed by atoms with Gasteiger partial charge in [0.05, 0.1) is 5.75 Å². The zero-order valence-electron chi connectivity index (χ0n) is 15.9. The molecule has 7 heteroatoms. The number of nitrogens with zero attached hydrogens (tertiary/aromatic N) is 2. The van der Waals surface area contributed by atoms with Gasteiger partial charge in [-0.1, -0.05) is 18.2 Å². The van der Waals surface area contributed by atoms with Gasteiger partial charge in [0.2, 0.25) is 5.91 Å². The summed E-state index contributed by atoms with van der Waals surface area (Å²) < 4.78 is 5.40. The number of piperazine rings is 1. The molecule has 0 aliphatic carbocycles. The number of benzene rings is 1. The van der Waals surface area contributed by atoms with E-state index in [0.717, 1.165) is 24.5 Å². The molecule has 1 aromatic rings. The molecule has 1 aliphatic rings. The smallest absolute Gasteiger partial charge is 0.410 e. The van der Waals surface area contributed by atoms with Crippen molar-refractivity contribution < 1.29 is 14.3 Å². The van der Waals surface area contributed by atoms with Crippen LogP contribution < -0.4 is 5.32 Å². The summed E-state index contributed by atoms with van der Waals surface area (Å²) in [4.78, 5) is 29.1. The van der Waals surface area contributed by atoms with Gasteiger partial charge in [0.25, 0.3) is 0 Å². The first kappa shape index (κ1) is 20.6. The van der Waals surface area contributed by atoms with Gasteiger partial charge >= 0.3 is 6.09 Å². The summed E-state index contributed by atoms with van der Waals surface area (Å²) in [5.74, 6) is 0.474. The molecule has 1 fully saturated rings. The summed E-state index contributed by atoms with van der Waals surface area (Å²) in [6.07, 6.45) is -0.247. The summed E-state index contributed by atoms with van der Waals surface area (Å²) >= 11 is 1.54. The van der Waals surface area contributed by atoms with Gasteiger partial charge in [-0.15, -0.1) is 11.8 Å². The van der Waals surface area contributed by atoms with E-state index < -0.39 is 5.60 Å². The van der Waals surface area contributed by atoms with Crippen LogP contribution in [0.1, 0.15) is 20.8 Å². The third kappa shape index (κ3) is 7.66. The molecule has 0 saturated carbocycles. The van der Waals surface area contributed by atoms with Crippen LogP contribution in [0.5, 0.6) is 0 Å². The van der Waals surface area contributed by atoms with E-state index in [1.807, 2.05) is 51.1 Å². The molecule has 2 rings (SSSR count). The molecule has 0 atom stereocenters. The van der Waals surface area contributed by atoms with Crippen molar-refractivity contribution in [1.29, 1.82) is 0 Å². The molecule has 1 aliphatic heterocycles. The van der Waals surface area contributed by atoms with Crippen molar-refractivity contribution in [2.45, 2.75) is 31.3 Å². The second-order valence-electron chi connectivity index (χ2n) is 7.26. The Balaban J connectivity index is 1.58. The lowest BCUT2D eigenvalue weighted by Crippen LogP contribution is -2.51. The molecule has 1 N–H and O–H groups in total. The third-order valence-corrected chi connectivity index (χ3v) is 4.90. The summed E-state index contributed by atoms with van der Waals surface area (Å²) in [6.45, 7) is 9.96. The van der Waals surface area contributed by atoms with Crippen LogP contribution in [0.2, 0.25) is 0 Å².